The molecule has 0 saturated heterocycles. The van der Waals surface area contributed by atoms with E-state index in [1.807, 2.05) is 56.3 Å². The standard InChI is InChI=1S/C16H25N3OS/c1-4-19(12-8-11-18(2)3)16(20)14(15(17)21)13-9-6-5-7-10-13/h5-7,9-10,14H,4,8,11-12H2,1-3H3,(H2,17,21). The predicted molar refractivity (Wildman–Crippen MR) is 91.4 cm³/mol. The lowest BCUT2D eigenvalue weighted by atomic mass is 9.97. The van der Waals surface area contributed by atoms with Crippen LogP contribution >= 0.6 is 12.2 Å². The summed E-state index contributed by atoms with van der Waals surface area (Å²) in [6, 6.07) is 9.51. The van der Waals surface area contributed by atoms with Gasteiger partial charge in [0, 0.05) is 13.1 Å². The van der Waals surface area contributed by atoms with Gasteiger partial charge in [0.1, 0.15) is 5.92 Å². The largest absolute Gasteiger partial charge is 0.392 e. The molecule has 1 unspecified atom stereocenters. The smallest absolute Gasteiger partial charge is 0.236 e. The monoisotopic (exact) mass is 307 g/mol. The van der Waals surface area contributed by atoms with Gasteiger partial charge in [-0.25, -0.2) is 0 Å². The van der Waals surface area contributed by atoms with Crippen LogP contribution in [-0.2, 0) is 4.79 Å². The van der Waals surface area contributed by atoms with Crippen molar-refractivity contribution in [2.45, 2.75) is 19.3 Å². The van der Waals surface area contributed by atoms with Crippen LogP contribution in [0.1, 0.15) is 24.8 Å². The Kier molecular flexibility index (Phi) is 7.32. The zero-order valence-corrected chi connectivity index (χ0v) is 13.9. The van der Waals surface area contributed by atoms with Crippen molar-refractivity contribution in [3.63, 3.8) is 0 Å². The number of thiocarbonyl (C=S) groups is 1. The van der Waals surface area contributed by atoms with Crippen LogP contribution in [-0.4, -0.2) is 54.4 Å². The maximum Gasteiger partial charge on any atom is 0.236 e. The second-order valence-electron chi connectivity index (χ2n) is 5.32. The number of rotatable bonds is 8. The zero-order chi connectivity index (χ0) is 15.8. The lowest BCUT2D eigenvalue weighted by Gasteiger charge is -2.26. The number of hydrogen-bond donors (Lipinski definition) is 1. The molecule has 116 valence electrons. The zero-order valence-electron chi connectivity index (χ0n) is 13.1. The van der Waals surface area contributed by atoms with Crippen LogP contribution in [0.4, 0.5) is 0 Å². The molecule has 0 bridgehead atoms. The number of nitrogens with zero attached hydrogens (tertiary/aromatic N) is 2. The lowest BCUT2D eigenvalue weighted by Crippen LogP contribution is -2.40. The van der Waals surface area contributed by atoms with Gasteiger partial charge < -0.3 is 15.5 Å². The maximum atomic E-state index is 12.7. The van der Waals surface area contributed by atoms with Gasteiger partial charge in [0.2, 0.25) is 5.91 Å². The molecule has 1 amide bonds. The molecule has 21 heavy (non-hydrogen) atoms. The van der Waals surface area contributed by atoms with Crippen LogP contribution in [0.2, 0.25) is 0 Å². The van der Waals surface area contributed by atoms with Gasteiger partial charge in [-0.1, -0.05) is 42.5 Å². The van der Waals surface area contributed by atoms with Gasteiger partial charge in [0.05, 0.1) is 4.99 Å². The number of nitrogens with two attached hydrogens (primary N) is 1. The van der Waals surface area contributed by atoms with E-state index in [1.165, 1.54) is 0 Å². The predicted octanol–water partition coefficient (Wildman–Crippen LogP) is 1.86. The third kappa shape index (κ3) is 5.44. The summed E-state index contributed by atoms with van der Waals surface area (Å²) in [6.07, 6.45) is 0.936. The highest BCUT2D eigenvalue weighted by atomic mass is 32.1. The number of hydrogen-bond acceptors (Lipinski definition) is 3. The molecule has 1 aromatic rings. The average Bonchev–Trinajstić information content (AvgIpc) is 2.44. The minimum atomic E-state index is -0.527. The molecule has 0 aliphatic rings. The summed E-state index contributed by atoms with van der Waals surface area (Å²) in [5.41, 5.74) is 6.68. The molecule has 0 spiro atoms. The summed E-state index contributed by atoms with van der Waals surface area (Å²) >= 11 is 5.12. The van der Waals surface area contributed by atoms with Crippen LogP contribution in [0.25, 0.3) is 0 Å². The molecule has 0 heterocycles. The van der Waals surface area contributed by atoms with Gasteiger partial charge in [0.25, 0.3) is 0 Å². The van der Waals surface area contributed by atoms with E-state index in [2.05, 4.69) is 4.90 Å². The van der Waals surface area contributed by atoms with Crippen molar-refractivity contribution in [3.05, 3.63) is 35.9 Å². The Bertz CT molecular complexity index is 462. The van der Waals surface area contributed by atoms with Crippen molar-refractivity contribution < 1.29 is 4.79 Å². The average molecular weight is 307 g/mol. The number of carbonyl (C=O) groups excluding carboxylic acids is 1. The van der Waals surface area contributed by atoms with Gasteiger partial charge in [-0.3, -0.25) is 4.79 Å². The molecule has 0 aromatic heterocycles. The molecule has 0 radical (unpaired) electrons. The van der Waals surface area contributed by atoms with Crippen molar-refractivity contribution in [3.8, 4) is 0 Å². The third-order valence-electron chi connectivity index (χ3n) is 3.39. The van der Waals surface area contributed by atoms with Gasteiger partial charge in [-0.15, -0.1) is 0 Å². The summed E-state index contributed by atoms with van der Waals surface area (Å²) in [5.74, 6) is -0.532. The lowest BCUT2D eigenvalue weighted by molar-refractivity contribution is -0.131. The molecule has 0 aliphatic carbocycles. The Morgan fingerprint density at radius 1 is 1.24 bits per heavy atom. The van der Waals surface area contributed by atoms with E-state index in [4.69, 9.17) is 18.0 Å². The number of benzene rings is 1. The Morgan fingerprint density at radius 2 is 1.86 bits per heavy atom. The minimum Gasteiger partial charge on any atom is -0.392 e. The third-order valence-corrected chi connectivity index (χ3v) is 3.63. The minimum absolute atomic E-state index is 0.00467. The van der Waals surface area contributed by atoms with Crippen molar-refractivity contribution in [2.75, 3.05) is 33.7 Å². The Balaban J connectivity index is 2.81. The van der Waals surface area contributed by atoms with Crippen LogP contribution in [0.5, 0.6) is 0 Å². The first-order valence-corrected chi connectivity index (χ1v) is 7.66. The van der Waals surface area contributed by atoms with Crippen molar-refractivity contribution in [2.24, 2.45) is 5.73 Å². The molecule has 1 atom stereocenters. The van der Waals surface area contributed by atoms with Gasteiger partial charge in [-0.2, -0.15) is 0 Å². The molecular formula is C16H25N3OS. The van der Waals surface area contributed by atoms with E-state index in [-0.39, 0.29) is 10.9 Å². The second-order valence-corrected chi connectivity index (χ2v) is 5.79. The van der Waals surface area contributed by atoms with E-state index < -0.39 is 5.92 Å². The molecule has 4 nitrogen and oxygen atoms in total. The molecule has 0 aliphatic heterocycles. The fourth-order valence-electron chi connectivity index (χ4n) is 2.26. The highest BCUT2D eigenvalue weighted by Gasteiger charge is 2.27. The first kappa shape index (κ1) is 17.6. The van der Waals surface area contributed by atoms with E-state index in [0.717, 1.165) is 25.1 Å². The van der Waals surface area contributed by atoms with E-state index in [9.17, 15) is 4.79 Å². The molecule has 0 saturated carbocycles. The Labute approximate surface area is 132 Å². The normalized spacial score (nSPS) is 12.2. The van der Waals surface area contributed by atoms with Gasteiger partial charge in [-0.05, 0) is 39.5 Å². The first-order chi connectivity index (χ1) is 9.97. The summed E-state index contributed by atoms with van der Waals surface area (Å²) in [6.45, 7) is 4.32. The molecule has 0 fully saturated rings. The molecule has 1 aromatic carbocycles. The molecule has 2 N–H and O–H groups in total. The van der Waals surface area contributed by atoms with Crippen molar-refractivity contribution in [1.29, 1.82) is 0 Å². The van der Waals surface area contributed by atoms with Crippen molar-refractivity contribution in [1.82, 2.24) is 9.80 Å². The number of amides is 1. The van der Waals surface area contributed by atoms with Crippen LogP contribution in [0.3, 0.4) is 0 Å². The van der Waals surface area contributed by atoms with Gasteiger partial charge in [0.15, 0.2) is 0 Å². The number of likely N-dealkylation sites (N-methyl/N-ethyl adjacent to an activating group) is 1. The van der Waals surface area contributed by atoms with Crippen LogP contribution in [0, 0.1) is 0 Å². The second kappa shape index (κ2) is 8.74. The number of carbonyl (C=O) groups is 1. The Hall–Kier alpha value is -1.46. The highest BCUT2D eigenvalue weighted by molar-refractivity contribution is 7.80. The van der Waals surface area contributed by atoms with E-state index in [1.54, 1.807) is 0 Å². The molecule has 1 rings (SSSR count). The quantitative estimate of drug-likeness (QED) is 0.745. The first-order valence-electron chi connectivity index (χ1n) is 7.25. The molecular weight excluding hydrogens is 282 g/mol. The SMILES string of the molecule is CCN(CCCN(C)C)C(=O)C(C(N)=S)c1ccccc1. The maximum absolute atomic E-state index is 12.7. The topological polar surface area (TPSA) is 49.6 Å². The highest BCUT2D eigenvalue weighted by Crippen LogP contribution is 2.19. The summed E-state index contributed by atoms with van der Waals surface area (Å²) in [4.78, 5) is 16.9. The van der Waals surface area contributed by atoms with Crippen LogP contribution < -0.4 is 5.73 Å². The molecule has 5 heteroatoms. The summed E-state index contributed by atoms with van der Waals surface area (Å²) < 4.78 is 0. The summed E-state index contributed by atoms with van der Waals surface area (Å²) in [5, 5.41) is 0. The Morgan fingerprint density at radius 3 is 2.33 bits per heavy atom. The fourth-order valence-corrected chi connectivity index (χ4v) is 2.50. The van der Waals surface area contributed by atoms with Crippen LogP contribution in [0.15, 0.2) is 30.3 Å². The fraction of sp³-hybridized carbons (Fsp3) is 0.500. The summed E-state index contributed by atoms with van der Waals surface area (Å²) in [7, 11) is 4.06. The van der Waals surface area contributed by atoms with E-state index >= 15 is 0 Å². The van der Waals surface area contributed by atoms with Gasteiger partial charge >= 0.3 is 0 Å². The van der Waals surface area contributed by atoms with Crippen molar-refractivity contribution >= 4 is 23.1 Å². The van der Waals surface area contributed by atoms with E-state index in [0.29, 0.717) is 6.54 Å².